The zero-order chi connectivity index (χ0) is 25.5. The fourth-order valence-corrected chi connectivity index (χ4v) is 2.60. The van der Waals surface area contributed by atoms with Crippen LogP contribution in [0.4, 0.5) is 0 Å². The number of rotatable bonds is 14. The molecule has 0 N–H and O–H groups in total. The molecular formula is C27H30N2O6. The zero-order valence-corrected chi connectivity index (χ0v) is 20.1. The predicted octanol–water partition coefficient (Wildman–Crippen LogP) is 5.22. The Morgan fingerprint density at radius 3 is 1.51 bits per heavy atom. The fraction of sp³-hybridized carbons (Fsp3) is 0.259. The molecule has 0 radical (unpaired) electrons. The van der Waals surface area contributed by atoms with Crippen LogP contribution in [-0.4, -0.2) is 37.6 Å². The molecule has 0 bridgehead atoms. The monoisotopic (exact) mass is 478 g/mol. The number of nitrogens with zero attached hydrogens (tertiary/aromatic N) is 2. The van der Waals surface area contributed by atoms with E-state index < -0.39 is 11.9 Å². The minimum absolute atomic E-state index is 0.274. The molecule has 0 unspecified atom stereocenters. The van der Waals surface area contributed by atoms with Gasteiger partial charge < -0.3 is 19.1 Å². The van der Waals surface area contributed by atoms with Crippen molar-refractivity contribution in [1.29, 1.82) is 0 Å². The van der Waals surface area contributed by atoms with Crippen molar-refractivity contribution in [1.82, 2.24) is 0 Å². The molecule has 184 valence electrons. The molecule has 0 atom stereocenters. The molecule has 0 aliphatic rings. The van der Waals surface area contributed by atoms with Crippen LogP contribution in [0.5, 0.6) is 11.5 Å². The van der Waals surface area contributed by atoms with Crippen LogP contribution in [0.15, 0.2) is 83.1 Å². The van der Waals surface area contributed by atoms with E-state index in [4.69, 9.17) is 19.1 Å². The minimum Gasteiger partial charge on any atom is -0.493 e. The highest BCUT2D eigenvalue weighted by Crippen LogP contribution is 2.18. The van der Waals surface area contributed by atoms with Gasteiger partial charge in [-0.25, -0.2) is 9.59 Å². The van der Waals surface area contributed by atoms with Gasteiger partial charge in [-0.05, 0) is 57.4 Å². The molecule has 0 aliphatic heterocycles. The van der Waals surface area contributed by atoms with Gasteiger partial charge in [0.05, 0.1) is 25.6 Å². The highest BCUT2D eigenvalue weighted by Gasteiger charge is 2.05. The summed E-state index contributed by atoms with van der Waals surface area (Å²) in [4.78, 5) is 32.3. The Morgan fingerprint density at radius 2 is 1.11 bits per heavy atom. The molecule has 2 aromatic carbocycles. The zero-order valence-electron chi connectivity index (χ0n) is 20.1. The topological polar surface area (TPSA) is 95.8 Å². The van der Waals surface area contributed by atoms with Gasteiger partial charge in [-0.2, -0.15) is 0 Å². The summed E-state index contributed by atoms with van der Waals surface area (Å²) in [5.74, 6) is 0.143. The minimum atomic E-state index is -0.581. The molecule has 35 heavy (non-hydrogen) atoms. The van der Waals surface area contributed by atoms with E-state index in [0.29, 0.717) is 35.8 Å². The van der Waals surface area contributed by atoms with Gasteiger partial charge in [0, 0.05) is 22.3 Å². The summed E-state index contributed by atoms with van der Waals surface area (Å²) in [5.41, 5.74) is 1.96. The van der Waals surface area contributed by atoms with Crippen molar-refractivity contribution < 1.29 is 28.7 Å². The summed E-state index contributed by atoms with van der Waals surface area (Å²) >= 11 is 0. The molecular weight excluding hydrogens is 448 g/mol. The molecule has 0 saturated carbocycles. The first kappa shape index (κ1) is 27.0. The molecule has 0 aliphatic carbocycles. The van der Waals surface area contributed by atoms with Crippen molar-refractivity contribution in [3.05, 3.63) is 84.0 Å². The molecule has 0 amide bonds. The molecule has 0 saturated heterocycles. The maximum atomic E-state index is 11.4. The highest BCUT2D eigenvalue weighted by molar-refractivity contribution is 5.89. The number of para-hydroxylation sites is 2. The average molecular weight is 479 g/mol. The normalized spacial score (nSPS) is 10.8. The lowest BCUT2D eigenvalue weighted by atomic mass is 10.2. The van der Waals surface area contributed by atoms with Crippen molar-refractivity contribution in [3.63, 3.8) is 0 Å². The Bertz CT molecular complexity index is 1010. The standard InChI is InChI=1S/C27H30N2O6/c1-20(2)26(30)34-28-18-22-12-6-8-14-24(22)32-16-10-5-11-17-33-25-15-9-7-13-23(25)19-29-35-27(31)21(3)4/h6-9,12-15,18-19H,1,3,5,10-11,16-17H2,2,4H3. The molecule has 0 spiro atoms. The van der Waals surface area contributed by atoms with Crippen LogP contribution in [-0.2, 0) is 19.3 Å². The summed E-state index contributed by atoms with van der Waals surface area (Å²) in [7, 11) is 0. The predicted molar refractivity (Wildman–Crippen MR) is 135 cm³/mol. The van der Waals surface area contributed by atoms with E-state index in [1.807, 2.05) is 48.5 Å². The maximum absolute atomic E-state index is 11.4. The summed E-state index contributed by atoms with van der Waals surface area (Å²) < 4.78 is 11.7. The second-order valence-corrected chi connectivity index (χ2v) is 7.62. The maximum Gasteiger partial charge on any atom is 0.360 e. The van der Waals surface area contributed by atoms with Crippen LogP contribution < -0.4 is 9.47 Å². The van der Waals surface area contributed by atoms with Crippen LogP contribution in [0.25, 0.3) is 0 Å². The van der Waals surface area contributed by atoms with Crippen LogP contribution in [0, 0.1) is 0 Å². The van der Waals surface area contributed by atoms with Gasteiger partial charge in [0.1, 0.15) is 11.5 Å². The van der Waals surface area contributed by atoms with Crippen molar-refractivity contribution in [2.45, 2.75) is 33.1 Å². The van der Waals surface area contributed by atoms with Crippen LogP contribution >= 0.6 is 0 Å². The summed E-state index contributed by atoms with van der Waals surface area (Å²) in [6, 6.07) is 14.7. The smallest absolute Gasteiger partial charge is 0.360 e. The van der Waals surface area contributed by atoms with Gasteiger partial charge in [-0.3, -0.25) is 0 Å². The number of carbonyl (C=O) groups excluding carboxylic acids is 2. The molecule has 8 nitrogen and oxygen atoms in total. The lowest BCUT2D eigenvalue weighted by molar-refractivity contribution is -0.139. The number of hydrogen-bond acceptors (Lipinski definition) is 8. The highest BCUT2D eigenvalue weighted by atomic mass is 16.7. The Labute approximate surface area is 205 Å². The molecule has 2 aromatic rings. The molecule has 0 heterocycles. The number of oxime groups is 2. The number of benzene rings is 2. The first-order chi connectivity index (χ1) is 16.9. The SMILES string of the molecule is C=C(C)C(=O)ON=Cc1ccccc1OCCCCCOc1ccccc1C=NOC(=O)C(=C)C. The Morgan fingerprint density at radius 1 is 0.714 bits per heavy atom. The Hall–Kier alpha value is -4.20. The summed E-state index contributed by atoms with van der Waals surface area (Å²) in [6.07, 6.45) is 5.44. The van der Waals surface area contributed by atoms with E-state index >= 15 is 0 Å². The van der Waals surface area contributed by atoms with Crippen molar-refractivity contribution in [2.24, 2.45) is 10.3 Å². The Kier molecular flexibility index (Phi) is 11.5. The van der Waals surface area contributed by atoms with Crippen molar-refractivity contribution in [3.8, 4) is 11.5 Å². The van der Waals surface area contributed by atoms with Crippen molar-refractivity contribution >= 4 is 24.4 Å². The number of carbonyl (C=O) groups is 2. The van der Waals surface area contributed by atoms with Crippen LogP contribution in [0.3, 0.4) is 0 Å². The summed E-state index contributed by atoms with van der Waals surface area (Å²) in [5, 5.41) is 7.39. The Balaban J connectivity index is 1.72. The van der Waals surface area contributed by atoms with E-state index in [1.54, 1.807) is 13.8 Å². The molecule has 0 fully saturated rings. The number of unbranched alkanes of at least 4 members (excludes halogenated alkanes) is 2. The van der Waals surface area contributed by atoms with Gasteiger partial charge in [0.2, 0.25) is 0 Å². The first-order valence-corrected chi connectivity index (χ1v) is 11.1. The van der Waals surface area contributed by atoms with E-state index in [9.17, 15) is 9.59 Å². The number of hydrogen-bond donors (Lipinski definition) is 0. The van der Waals surface area contributed by atoms with Gasteiger partial charge >= 0.3 is 11.9 Å². The van der Waals surface area contributed by atoms with Gasteiger partial charge in [0.25, 0.3) is 0 Å². The molecule has 0 aromatic heterocycles. The second-order valence-electron chi connectivity index (χ2n) is 7.62. The van der Waals surface area contributed by atoms with Gasteiger partial charge in [-0.1, -0.05) is 47.7 Å². The van der Waals surface area contributed by atoms with E-state index in [-0.39, 0.29) is 11.1 Å². The lowest BCUT2D eigenvalue weighted by Crippen LogP contribution is -2.04. The number of ether oxygens (including phenoxy) is 2. The van der Waals surface area contributed by atoms with E-state index in [0.717, 1.165) is 19.3 Å². The average Bonchev–Trinajstić information content (AvgIpc) is 2.84. The lowest BCUT2D eigenvalue weighted by Gasteiger charge is -2.10. The van der Waals surface area contributed by atoms with Crippen molar-refractivity contribution in [2.75, 3.05) is 13.2 Å². The van der Waals surface area contributed by atoms with Gasteiger partial charge in [0.15, 0.2) is 0 Å². The third-order valence-electron chi connectivity index (χ3n) is 4.49. The second kappa shape index (κ2) is 14.8. The fourth-order valence-electron chi connectivity index (χ4n) is 2.60. The quantitative estimate of drug-likeness (QED) is 0.121. The van der Waals surface area contributed by atoms with Gasteiger partial charge in [-0.15, -0.1) is 0 Å². The molecule has 8 heteroatoms. The third-order valence-corrected chi connectivity index (χ3v) is 4.49. The van der Waals surface area contributed by atoms with E-state index in [2.05, 4.69) is 23.5 Å². The third kappa shape index (κ3) is 10.1. The van der Waals surface area contributed by atoms with Crippen LogP contribution in [0.1, 0.15) is 44.2 Å². The first-order valence-electron chi connectivity index (χ1n) is 11.1. The summed E-state index contributed by atoms with van der Waals surface area (Å²) in [6.45, 7) is 11.2. The molecule has 2 rings (SSSR count). The van der Waals surface area contributed by atoms with E-state index in [1.165, 1.54) is 12.4 Å². The van der Waals surface area contributed by atoms with Crippen LogP contribution in [0.2, 0.25) is 0 Å². The largest absolute Gasteiger partial charge is 0.493 e.